The molecule has 1 heterocycles. The van der Waals surface area contributed by atoms with Gasteiger partial charge in [0.2, 0.25) is 23.6 Å². The minimum atomic E-state index is -1.41. The number of aliphatic hydroxyl groups excluding tert-OH is 2. The number of allylic oxidation sites excluding steroid dienone is 6. The number of benzene rings is 2. The van der Waals surface area contributed by atoms with E-state index in [-0.39, 0.29) is 47.8 Å². The molecule has 1 aliphatic heterocycles. The van der Waals surface area contributed by atoms with Crippen LogP contribution in [0.1, 0.15) is 129 Å². The van der Waals surface area contributed by atoms with Gasteiger partial charge in [-0.3, -0.25) is 28.8 Å². The van der Waals surface area contributed by atoms with Gasteiger partial charge in [-0.25, -0.2) is 0 Å². The third-order valence-electron chi connectivity index (χ3n) is 16.2. The number of anilines is 1. The highest BCUT2D eigenvalue weighted by Gasteiger charge is 2.76. The molecule has 3 saturated carbocycles. The highest BCUT2D eigenvalue weighted by Crippen LogP contribution is 2.70. The Balaban J connectivity index is 0.898. The van der Waals surface area contributed by atoms with Gasteiger partial charge in [-0.15, -0.1) is 11.8 Å². The normalized spacial score (nSPS) is 30.3. The number of Topliss-reactive ketones (excluding diaryl/α,β-unsaturated/α-hetero) is 1. The quantitative estimate of drug-likeness (QED) is 0.0680. The van der Waals surface area contributed by atoms with Gasteiger partial charge >= 0.3 is 5.97 Å². The van der Waals surface area contributed by atoms with Crippen LogP contribution in [-0.4, -0.2) is 104 Å². The molecule has 4 aliphatic carbocycles. The Bertz CT molecular complexity index is 2460. The van der Waals surface area contributed by atoms with E-state index in [0.29, 0.717) is 24.9 Å². The molecular weight excluding hydrogens is 937 g/mol. The number of aliphatic hydroxyl groups is 2. The lowest BCUT2D eigenvalue weighted by atomic mass is 9.46. The lowest BCUT2D eigenvalue weighted by molar-refractivity contribution is -0.201. The van der Waals surface area contributed by atoms with Gasteiger partial charge in [0.1, 0.15) is 18.7 Å². The summed E-state index contributed by atoms with van der Waals surface area (Å²) in [7, 11) is 0. The van der Waals surface area contributed by atoms with Crippen LogP contribution in [0.25, 0.3) is 0 Å². The summed E-state index contributed by atoms with van der Waals surface area (Å²) in [4.78, 5) is 77.1. The second-order valence-corrected chi connectivity index (χ2v) is 22.7. The van der Waals surface area contributed by atoms with Gasteiger partial charge in [0.05, 0.1) is 23.9 Å². The van der Waals surface area contributed by atoms with E-state index in [2.05, 4.69) is 66.3 Å². The fraction of sp³-hybridized carbons (Fsp3) is 0.571. The summed E-state index contributed by atoms with van der Waals surface area (Å²) in [5.74, 6) is -3.29. The monoisotopic (exact) mass is 1010 g/mol. The third-order valence-corrected chi connectivity index (χ3v) is 17.6. The number of fused-ring (bicyclic) bond motifs is 7. The van der Waals surface area contributed by atoms with Gasteiger partial charge < -0.3 is 46.1 Å². The number of amides is 4. The lowest BCUT2D eigenvalue weighted by Gasteiger charge is -2.59. The molecule has 0 aromatic heterocycles. The number of carboxylic acids is 1. The first kappa shape index (κ1) is 54.6. The maximum atomic E-state index is 14.1. The number of ether oxygens (including phenoxy) is 2. The minimum absolute atomic E-state index is 0.0105. The van der Waals surface area contributed by atoms with Crippen molar-refractivity contribution >= 4 is 52.8 Å². The fourth-order valence-corrected chi connectivity index (χ4v) is 13.8. The van der Waals surface area contributed by atoms with Gasteiger partial charge in [-0.1, -0.05) is 107 Å². The predicted molar refractivity (Wildman–Crippen MR) is 275 cm³/mol. The average molecular weight is 1010 g/mol. The summed E-state index contributed by atoms with van der Waals surface area (Å²) in [5.41, 5.74) is 3.21. The van der Waals surface area contributed by atoms with E-state index in [4.69, 9.17) is 9.47 Å². The second kappa shape index (κ2) is 23.0. The topological polar surface area (TPSA) is 230 Å². The van der Waals surface area contributed by atoms with E-state index in [1.54, 1.807) is 6.07 Å². The standard InChI is InChI=1S/C56H74N4O11S/c1-8-10-12-32(3)72-44(29-48(65)66)52(69)57-24-22-47(64)58-33(4)50(67)59-34(5)51(68)60-40-14-11-13-37(27-40)25-36-15-17-38(18-16-36)53-70-46-28-42-41-20-19-39-26-35(9-2)21-23-54(39,6)49(41)43(62)30-55(42,7)56(46,71-53)45(63)31-61/h9,11,13-18,21,23,26-27,32-34,41-44,46,49,53,61-62H,8,10,12,19-20,22,24-25,28-31H2,1-7H3,(H,57,69)(H,58,64)(H,59,67)(H,60,68)(H,65,66)/b35-9+/t32?,33-,34-,41-,42?,43-,44?,46+,49+,53+,54-,55-,56+/m0/s1. The van der Waals surface area contributed by atoms with Crippen LogP contribution in [0.4, 0.5) is 5.69 Å². The maximum absolute atomic E-state index is 14.1. The summed E-state index contributed by atoms with van der Waals surface area (Å²) in [6.45, 7) is 12.7. The number of carbonyl (C=O) groups is 6. The molecule has 1 saturated heterocycles. The molecule has 72 heavy (non-hydrogen) atoms. The van der Waals surface area contributed by atoms with E-state index in [1.165, 1.54) is 36.8 Å². The molecule has 390 valence electrons. The molecule has 15 nitrogen and oxygen atoms in total. The van der Waals surface area contributed by atoms with Crippen LogP contribution in [-0.2, 0) is 44.7 Å². The number of rotatable bonds is 21. The van der Waals surface area contributed by atoms with E-state index in [1.807, 2.05) is 56.3 Å². The molecule has 7 rings (SSSR count). The molecule has 5 aliphatic rings. The van der Waals surface area contributed by atoms with Gasteiger partial charge in [-0.2, -0.15) is 0 Å². The zero-order chi connectivity index (χ0) is 52.1. The highest BCUT2D eigenvalue weighted by atomic mass is 32.2. The molecule has 2 aromatic carbocycles. The minimum Gasteiger partial charge on any atom is -0.481 e. The van der Waals surface area contributed by atoms with Crippen molar-refractivity contribution in [2.24, 2.45) is 28.6 Å². The zero-order valence-electron chi connectivity index (χ0n) is 42.7. The molecule has 0 spiro atoms. The van der Waals surface area contributed by atoms with Crippen LogP contribution in [0.15, 0.2) is 84.0 Å². The Morgan fingerprint density at radius 2 is 1.69 bits per heavy atom. The number of nitrogens with one attached hydrogen (secondary N) is 4. The van der Waals surface area contributed by atoms with Crippen LogP contribution in [0.3, 0.4) is 0 Å². The number of carboxylic acid groups (broad SMARTS) is 1. The number of thioether (sulfide) groups is 1. The SMILES string of the molecule is C/C=C1\C=C[C@@]2(C)C(=C1)CC[C@H]1C3C[C@H]4O[C@@H](c5ccc(Cc6cccc(NC(=O)[C@H](C)NC(=O)[C@H](C)NC(=O)CCNC(=O)C(CC(=O)O)SC(C)CCCC)c6)cc5)O[C@@]4(C(=O)CO)[C@@]3(C)C[C@H](O)[C@@H]12. The summed E-state index contributed by atoms with van der Waals surface area (Å²) in [6, 6.07) is 13.2. The first-order valence-electron chi connectivity index (χ1n) is 25.7. The Hall–Kier alpha value is -5.13. The van der Waals surface area contributed by atoms with Crippen LogP contribution in [0.5, 0.6) is 0 Å². The fourth-order valence-electron chi connectivity index (χ4n) is 12.5. The van der Waals surface area contributed by atoms with E-state index in [0.717, 1.165) is 48.8 Å². The second-order valence-electron chi connectivity index (χ2n) is 21.1. The molecule has 7 N–H and O–H groups in total. The number of ketones is 1. The van der Waals surface area contributed by atoms with Gasteiger partial charge in [0, 0.05) is 46.2 Å². The number of hydrogen-bond donors (Lipinski definition) is 7. The van der Waals surface area contributed by atoms with E-state index in [9.17, 15) is 44.1 Å². The van der Waals surface area contributed by atoms with Crippen molar-refractivity contribution in [1.29, 1.82) is 0 Å². The predicted octanol–water partition coefficient (Wildman–Crippen LogP) is 6.87. The van der Waals surface area contributed by atoms with Crippen molar-refractivity contribution in [2.45, 2.75) is 159 Å². The Kier molecular flexibility index (Phi) is 17.4. The Labute approximate surface area is 427 Å². The molecule has 0 radical (unpaired) electrons. The molecule has 16 heteroatoms. The van der Waals surface area contributed by atoms with Crippen molar-refractivity contribution in [3.05, 3.63) is 101 Å². The van der Waals surface area contributed by atoms with Crippen LogP contribution >= 0.6 is 11.8 Å². The molecule has 3 unspecified atom stereocenters. The van der Waals surface area contributed by atoms with E-state index < -0.39 is 88.8 Å². The summed E-state index contributed by atoms with van der Waals surface area (Å²) in [5, 5.41) is 41.9. The van der Waals surface area contributed by atoms with Crippen LogP contribution in [0, 0.1) is 28.6 Å². The van der Waals surface area contributed by atoms with Gasteiger partial charge in [0.25, 0.3) is 0 Å². The number of carbonyl (C=O) groups excluding carboxylic acids is 5. The molecule has 0 bridgehead atoms. The Morgan fingerprint density at radius 1 is 0.958 bits per heavy atom. The van der Waals surface area contributed by atoms with Crippen molar-refractivity contribution < 1.29 is 53.6 Å². The van der Waals surface area contributed by atoms with Gasteiger partial charge in [-0.05, 0) is 100.0 Å². The van der Waals surface area contributed by atoms with Crippen molar-refractivity contribution in [1.82, 2.24) is 16.0 Å². The maximum Gasteiger partial charge on any atom is 0.305 e. The molecule has 4 fully saturated rings. The first-order chi connectivity index (χ1) is 34.3. The lowest BCUT2D eigenvalue weighted by Crippen LogP contribution is -2.63. The summed E-state index contributed by atoms with van der Waals surface area (Å²) in [6.07, 6.45) is 12.4. The summed E-state index contributed by atoms with van der Waals surface area (Å²) < 4.78 is 13.5. The number of aliphatic carboxylic acids is 1. The largest absolute Gasteiger partial charge is 0.481 e. The van der Waals surface area contributed by atoms with Crippen molar-refractivity contribution in [2.75, 3.05) is 18.5 Å². The van der Waals surface area contributed by atoms with Crippen molar-refractivity contribution in [3.63, 3.8) is 0 Å². The Morgan fingerprint density at radius 3 is 2.39 bits per heavy atom. The van der Waals surface area contributed by atoms with Crippen LogP contribution < -0.4 is 21.3 Å². The molecule has 4 amide bonds. The number of hydrogen-bond acceptors (Lipinski definition) is 11. The molecular formula is C56H74N4O11S. The van der Waals surface area contributed by atoms with Gasteiger partial charge in [0.15, 0.2) is 17.7 Å². The average Bonchev–Trinajstić information content (AvgIpc) is 3.85. The van der Waals surface area contributed by atoms with Crippen molar-refractivity contribution in [3.8, 4) is 0 Å². The smallest absolute Gasteiger partial charge is 0.305 e. The highest BCUT2D eigenvalue weighted by molar-refractivity contribution is 8.01. The zero-order valence-corrected chi connectivity index (χ0v) is 43.5. The van der Waals surface area contributed by atoms with E-state index >= 15 is 0 Å². The summed E-state index contributed by atoms with van der Waals surface area (Å²) >= 11 is 1.31. The first-order valence-corrected chi connectivity index (χ1v) is 26.7. The molecule has 2 aromatic rings. The third kappa shape index (κ3) is 11.3. The number of unbranched alkanes of at least 4 members (excludes halogenated alkanes) is 1. The molecule has 13 atom stereocenters. The van der Waals surface area contributed by atoms with Crippen LogP contribution in [0.2, 0.25) is 0 Å².